The smallest absolute Gasteiger partial charge is 0.254 e. The average molecular weight is 331 g/mol. The fourth-order valence-corrected chi connectivity index (χ4v) is 3.51. The van der Waals surface area contributed by atoms with E-state index in [1.165, 1.54) is 6.42 Å². The number of rotatable bonds is 1. The van der Waals surface area contributed by atoms with Crippen molar-refractivity contribution >= 4 is 33.4 Å². The van der Waals surface area contributed by atoms with Crippen LogP contribution in [-0.4, -0.2) is 22.9 Å². The Kier molecular flexibility index (Phi) is 4.33. The number of halogens is 2. The SMILES string of the molecule is CC1CCCC(C)N1C(=O)c1cc(Cl)cc(Br)c1. The van der Waals surface area contributed by atoms with Gasteiger partial charge < -0.3 is 4.90 Å². The van der Waals surface area contributed by atoms with Crippen LogP contribution in [0.25, 0.3) is 0 Å². The molecule has 1 aromatic rings. The molecule has 1 amide bonds. The van der Waals surface area contributed by atoms with Crippen LogP contribution in [0.1, 0.15) is 43.5 Å². The molecule has 1 aliphatic rings. The lowest BCUT2D eigenvalue weighted by molar-refractivity contribution is 0.0510. The number of carbonyl (C=O) groups is 1. The second kappa shape index (κ2) is 5.62. The van der Waals surface area contributed by atoms with Gasteiger partial charge in [0.25, 0.3) is 5.91 Å². The average Bonchev–Trinajstić information content (AvgIpc) is 2.27. The summed E-state index contributed by atoms with van der Waals surface area (Å²) in [6.07, 6.45) is 3.36. The lowest BCUT2D eigenvalue weighted by Gasteiger charge is -2.39. The van der Waals surface area contributed by atoms with Crippen molar-refractivity contribution in [3.05, 3.63) is 33.3 Å². The van der Waals surface area contributed by atoms with Gasteiger partial charge in [-0.2, -0.15) is 0 Å². The molecule has 98 valence electrons. The fourth-order valence-electron chi connectivity index (χ4n) is 2.65. The molecule has 0 aliphatic carbocycles. The van der Waals surface area contributed by atoms with Gasteiger partial charge in [-0.15, -0.1) is 0 Å². The van der Waals surface area contributed by atoms with Gasteiger partial charge in [0.05, 0.1) is 0 Å². The summed E-state index contributed by atoms with van der Waals surface area (Å²) in [5.74, 6) is 0.0814. The molecule has 1 aromatic carbocycles. The van der Waals surface area contributed by atoms with Gasteiger partial charge in [0.1, 0.15) is 0 Å². The third kappa shape index (κ3) is 2.89. The Hall–Kier alpha value is -0.540. The molecule has 0 spiro atoms. The standard InChI is InChI=1S/C14H17BrClNO/c1-9-4-3-5-10(2)17(9)14(18)11-6-12(15)8-13(16)7-11/h6-10H,3-5H2,1-2H3. The van der Waals surface area contributed by atoms with Crippen molar-refractivity contribution in [1.29, 1.82) is 0 Å². The number of hydrogen-bond acceptors (Lipinski definition) is 1. The zero-order valence-electron chi connectivity index (χ0n) is 10.6. The molecule has 0 saturated carbocycles. The molecule has 0 aromatic heterocycles. The molecule has 4 heteroatoms. The van der Waals surface area contributed by atoms with E-state index in [9.17, 15) is 4.79 Å². The largest absolute Gasteiger partial charge is 0.333 e. The van der Waals surface area contributed by atoms with E-state index in [4.69, 9.17) is 11.6 Å². The molecule has 1 fully saturated rings. The Morgan fingerprint density at radius 2 is 1.89 bits per heavy atom. The third-order valence-corrected chi connectivity index (χ3v) is 4.21. The Balaban J connectivity index is 2.29. The number of nitrogens with zero attached hydrogens (tertiary/aromatic N) is 1. The van der Waals surface area contributed by atoms with Crippen molar-refractivity contribution in [3.63, 3.8) is 0 Å². The summed E-state index contributed by atoms with van der Waals surface area (Å²) in [5.41, 5.74) is 0.662. The van der Waals surface area contributed by atoms with Gasteiger partial charge in [-0.3, -0.25) is 4.79 Å². The molecule has 2 nitrogen and oxygen atoms in total. The Morgan fingerprint density at radius 1 is 1.28 bits per heavy atom. The van der Waals surface area contributed by atoms with Gasteiger partial charge >= 0.3 is 0 Å². The van der Waals surface area contributed by atoms with E-state index in [1.54, 1.807) is 12.1 Å². The molecule has 2 rings (SSSR count). The van der Waals surface area contributed by atoms with Crippen LogP contribution in [0.3, 0.4) is 0 Å². The second-order valence-electron chi connectivity index (χ2n) is 5.00. The lowest BCUT2D eigenvalue weighted by Crippen LogP contribution is -2.47. The Bertz CT molecular complexity index is 433. The zero-order valence-corrected chi connectivity index (χ0v) is 13.0. The lowest BCUT2D eigenvalue weighted by atomic mass is 9.96. The molecule has 1 aliphatic heterocycles. The van der Waals surface area contributed by atoms with Crippen LogP contribution in [0.15, 0.2) is 22.7 Å². The quantitative estimate of drug-likeness (QED) is 0.742. The van der Waals surface area contributed by atoms with Gasteiger partial charge in [0.15, 0.2) is 0 Å². The van der Waals surface area contributed by atoms with Gasteiger partial charge in [-0.25, -0.2) is 0 Å². The number of carbonyl (C=O) groups excluding carboxylic acids is 1. The first-order valence-electron chi connectivity index (χ1n) is 6.28. The van der Waals surface area contributed by atoms with Crippen LogP contribution < -0.4 is 0 Å². The van der Waals surface area contributed by atoms with Gasteiger partial charge in [-0.1, -0.05) is 27.5 Å². The highest BCUT2D eigenvalue weighted by atomic mass is 79.9. The maximum atomic E-state index is 12.6. The predicted octanol–water partition coefficient (Wildman–Crippen LogP) is 4.51. The molecule has 0 N–H and O–H groups in total. The molecular weight excluding hydrogens is 314 g/mol. The van der Waals surface area contributed by atoms with E-state index < -0.39 is 0 Å². The second-order valence-corrected chi connectivity index (χ2v) is 6.35. The van der Waals surface area contributed by atoms with Crippen molar-refractivity contribution in [2.24, 2.45) is 0 Å². The maximum absolute atomic E-state index is 12.6. The van der Waals surface area contributed by atoms with Crippen LogP contribution in [0.5, 0.6) is 0 Å². The molecule has 2 unspecified atom stereocenters. The maximum Gasteiger partial charge on any atom is 0.254 e. The van der Waals surface area contributed by atoms with Crippen molar-refractivity contribution in [2.45, 2.75) is 45.2 Å². The van der Waals surface area contributed by atoms with Crippen molar-refractivity contribution in [2.75, 3.05) is 0 Å². The van der Waals surface area contributed by atoms with Gasteiger partial charge in [-0.05, 0) is 51.3 Å². The summed E-state index contributed by atoms with van der Waals surface area (Å²) >= 11 is 9.39. The summed E-state index contributed by atoms with van der Waals surface area (Å²) in [6.45, 7) is 4.24. The summed E-state index contributed by atoms with van der Waals surface area (Å²) in [6, 6.07) is 5.98. The van der Waals surface area contributed by atoms with Gasteiger partial charge in [0, 0.05) is 27.1 Å². The first-order valence-corrected chi connectivity index (χ1v) is 7.45. The molecule has 1 heterocycles. The molecule has 0 radical (unpaired) electrons. The van der Waals surface area contributed by atoms with E-state index in [0.29, 0.717) is 22.7 Å². The highest BCUT2D eigenvalue weighted by Gasteiger charge is 2.29. The summed E-state index contributed by atoms with van der Waals surface area (Å²) in [5, 5.41) is 0.588. The predicted molar refractivity (Wildman–Crippen MR) is 78.1 cm³/mol. The first kappa shape index (κ1) is 13.9. The van der Waals surface area contributed by atoms with Crippen molar-refractivity contribution in [1.82, 2.24) is 4.90 Å². The van der Waals surface area contributed by atoms with Crippen molar-refractivity contribution < 1.29 is 4.79 Å². The van der Waals surface area contributed by atoms with E-state index in [-0.39, 0.29) is 5.91 Å². The highest BCUT2D eigenvalue weighted by molar-refractivity contribution is 9.10. The van der Waals surface area contributed by atoms with Crippen LogP contribution in [0, 0.1) is 0 Å². The zero-order chi connectivity index (χ0) is 13.3. The van der Waals surface area contributed by atoms with E-state index in [2.05, 4.69) is 29.8 Å². The van der Waals surface area contributed by atoms with Gasteiger partial charge in [0.2, 0.25) is 0 Å². The van der Waals surface area contributed by atoms with E-state index >= 15 is 0 Å². The topological polar surface area (TPSA) is 20.3 Å². The van der Waals surface area contributed by atoms with Crippen LogP contribution >= 0.6 is 27.5 Å². The monoisotopic (exact) mass is 329 g/mol. The fraction of sp³-hybridized carbons (Fsp3) is 0.500. The Morgan fingerprint density at radius 3 is 2.44 bits per heavy atom. The number of hydrogen-bond donors (Lipinski definition) is 0. The molecule has 18 heavy (non-hydrogen) atoms. The highest BCUT2D eigenvalue weighted by Crippen LogP contribution is 2.27. The van der Waals surface area contributed by atoms with E-state index in [1.807, 2.05) is 11.0 Å². The summed E-state index contributed by atoms with van der Waals surface area (Å²) < 4.78 is 0.843. The van der Waals surface area contributed by atoms with Crippen molar-refractivity contribution in [3.8, 4) is 0 Å². The summed E-state index contributed by atoms with van der Waals surface area (Å²) in [4.78, 5) is 14.6. The van der Waals surface area contributed by atoms with E-state index in [0.717, 1.165) is 17.3 Å². The minimum absolute atomic E-state index is 0.0814. The molecule has 0 bridgehead atoms. The molecule has 2 atom stereocenters. The normalized spacial score (nSPS) is 24.1. The first-order chi connectivity index (χ1) is 8.49. The number of benzene rings is 1. The summed E-state index contributed by atoms with van der Waals surface area (Å²) in [7, 11) is 0. The van der Waals surface area contributed by atoms with Crippen LogP contribution in [0.4, 0.5) is 0 Å². The van der Waals surface area contributed by atoms with Crippen LogP contribution in [-0.2, 0) is 0 Å². The third-order valence-electron chi connectivity index (χ3n) is 3.54. The number of amides is 1. The minimum atomic E-state index is 0.0814. The number of piperidine rings is 1. The van der Waals surface area contributed by atoms with Crippen LogP contribution in [0.2, 0.25) is 5.02 Å². The minimum Gasteiger partial charge on any atom is -0.333 e. The molecular formula is C14H17BrClNO. The molecule has 1 saturated heterocycles. The number of likely N-dealkylation sites (tertiary alicyclic amines) is 1. The Labute approximate surface area is 121 Å².